The smallest absolute Gasteiger partial charge is 0.305 e. The van der Waals surface area contributed by atoms with Crippen LogP contribution in [0.4, 0.5) is 0 Å². The summed E-state index contributed by atoms with van der Waals surface area (Å²) in [7, 11) is 0. The zero-order valence-corrected chi connectivity index (χ0v) is 58.4. The average Bonchev–Trinajstić information content (AvgIpc) is 3.51. The molecule has 0 bridgehead atoms. The van der Waals surface area contributed by atoms with Gasteiger partial charge in [-0.15, -0.1) is 0 Å². The zero-order chi connectivity index (χ0) is 61.3. The molecule has 1 amide bonds. The number of aliphatic hydroxyl groups excluding tert-OH is 2. The molecule has 2 atom stereocenters. The van der Waals surface area contributed by atoms with Crippen LogP contribution in [0.25, 0.3) is 0 Å². The molecule has 6 heteroatoms. The van der Waals surface area contributed by atoms with Crippen molar-refractivity contribution in [1.29, 1.82) is 0 Å². The topological polar surface area (TPSA) is 95.9 Å². The van der Waals surface area contributed by atoms with Crippen molar-refractivity contribution in [3.63, 3.8) is 0 Å². The van der Waals surface area contributed by atoms with Gasteiger partial charge in [0.15, 0.2) is 0 Å². The first-order valence-corrected chi connectivity index (χ1v) is 39.8. The Morgan fingerprint density at radius 1 is 0.282 bits per heavy atom. The van der Waals surface area contributed by atoms with Crippen molar-refractivity contribution in [2.24, 2.45) is 0 Å². The summed E-state index contributed by atoms with van der Waals surface area (Å²) in [6, 6.07) is -0.539. The van der Waals surface area contributed by atoms with Crippen LogP contribution >= 0.6 is 0 Å². The van der Waals surface area contributed by atoms with Gasteiger partial charge in [-0.1, -0.05) is 431 Å². The summed E-state index contributed by atoms with van der Waals surface area (Å²) in [4.78, 5) is 24.7. The lowest BCUT2D eigenvalue weighted by Gasteiger charge is -2.22. The molecule has 0 radical (unpaired) electrons. The van der Waals surface area contributed by atoms with Crippen molar-refractivity contribution in [3.8, 4) is 0 Å². The number of carbonyl (C=O) groups excluding carboxylic acids is 2. The number of nitrogens with one attached hydrogen (secondary N) is 1. The van der Waals surface area contributed by atoms with Gasteiger partial charge in [-0.25, -0.2) is 0 Å². The first-order valence-electron chi connectivity index (χ1n) is 39.8. The number of hydrogen-bond donors (Lipinski definition) is 3. The van der Waals surface area contributed by atoms with Gasteiger partial charge in [0.25, 0.3) is 0 Å². The van der Waals surface area contributed by atoms with E-state index in [9.17, 15) is 19.8 Å². The Labute approximate surface area is 534 Å². The van der Waals surface area contributed by atoms with Crippen LogP contribution in [0.1, 0.15) is 470 Å². The largest absolute Gasteiger partial charge is 0.466 e. The number of unbranched alkanes of at least 4 members (excludes halogenated alkanes) is 65. The number of amides is 1. The Morgan fingerprint density at radius 2 is 0.482 bits per heavy atom. The van der Waals surface area contributed by atoms with E-state index in [1.807, 2.05) is 0 Å². The first kappa shape index (κ1) is 83.9. The highest BCUT2D eigenvalue weighted by Crippen LogP contribution is 2.21. The summed E-state index contributed by atoms with van der Waals surface area (Å²) in [5.41, 5.74) is 0. The second-order valence-corrected chi connectivity index (χ2v) is 27.8. The summed E-state index contributed by atoms with van der Waals surface area (Å²) in [6.45, 7) is 5.02. The van der Waals surface area contributed by atoms with Gasteiger partial charge in [0.05, 0.1) is 25.4 Å². The molecule has 85 heavy (non-hydrogen) atoms. The third-order valence-corrected chi connectivity index (χ3v) is 19.2. The van der Waals surface area contributed by atoms with Crippen LogP contribution in [0.5, 0.6) is 0 Å². The maximum atomic E-state index is 12.6. The molecule has 6 nitrogen and oxygen atoms in total. The van der Waals surface area contributed by atoms with E-state index < -0.39 is 12.1 Å². The Kier molecular flexibility index (Phi) is 74.3. The number of hydrogen-bond acceptors (Lipinski definition) is 5. The highest BCUT2D eigenvalue weighted by atomic mass is 16.5. The molecule has 0 spiro atoms. The highest BCUT2D eigenvalue weighted by Gasteiger charge is 2.20. The molecule has 0 aliphatic heterocycles. The minimum atomic E-state index is -0.663. The van der Waals surface area contributed by atoms with Gasteiger partial charge >= 0.3 is 5.97 Å². The van der Waals surface area contributed by atoms with Crippen molar-refractivity contribution in [3.05, 3.63) is 0 Å². The van der Waals surface area contributed by atoms with Gasteiger partial charge in [0.1, 0.15) is 0 Å². The first-order chi connectivity index (χ1) is 42.0. The third kappa shape index (κ3) is 71.8. The second-order valence-electron chi connectivity index (χ2n) is 27.8. The van der Waals surface area contributed by atoms with E-state index in [1.54, 1.807) is 0 Å². The third-order valence-electron chi connectivity index (χ3n) is 19.2. The minimum Gasteiger partial charge on any atom is -0.466 e. The molecule has 0 aliphatic rings. The van der Waals surface area contributed by atoms with Gasteiger partial charge < -0.3 is 20.3 Å². The number of rotatable bonds is 76. The van der Waals surface area contributed by atoms with Crippen LogP contribution in [-0.2, 0) is 14.3 Å². The van der Waals surface area contributed by atoms with Crippen LogP contribution < -0.4 is 5.32 Å². The quantitative estimate of drug-likeness (QED) is 0.0417. The standard InChI is InChI=1S/C79H157NO5/c1-3-5-7-9-11-13-15-17-19-21-22-23-24-31-34-37-40-43-47-51-55-59-63-67-71-77(82)76(75-81)80-78(83)72-68-64-60-56-52-48-44-41-38-35-32-29-27-25-26-28-30-33-36-39-42-46-50-54-58-62-66-70-74-85-79(84)73-69-65-61-57-53-49-45-20-18-16-14-12-10-8-6-4-2/h76-77,81-82H,3-75H2,1-2H3,(H,80,83). The fourth-order valence-electron chi connectivity index (χ4n) is 13.1. The van der Waals surface area contributed by atoms with Gasteiger partial charge in [-0.05, 0) is 25.7 Å². The second kappa shape index (κ2) is 75.3. The van der Waals surface area contributed by atoms with Crippen LogP contribution in [-0.4, -0.2) is 47.4 Å². The van der Waals surface area contributed by atoms with Crippen molar-refractivity contribution in [2.75, 3.05) is 13.2 Å². The molecule has 0 aliphatic carbocycles. The van der Waals surface area contributed by atoms with Gasteiger partial charge in [-0.2, -0.15) is 0 Å². The SMILES string of the molecule is CCCCCCCCCCCCCCCCCCCCCCCCCCC(O)C(CO)NC(=O)CCCCCCCCCCCCCCCCCCCCCCCCCCCCCCOC(=O)CCCCCCCCCCCCCCCCCC. The van der Waals surface area contributed by atoms with Gasteiger partial charge in [0.2, 0.25) is 5.91 Å². The Balaban J connectivity index is 3.33. The van der Waals surface area contributed by atoms with Gasteiger partial charge in [-0.3, -0.25) is 9.59 Å². The summed E-state index contributed by atoms with van der Waals surface area (Å²) in [5, 5.41) is 23.5. The monoisotopic (exact) mass is 1200 g/mol. The van der Waals surface area contributed by atoms with Crippen LogP contribution in [0, 0.1) is 0 Å². The number of ether oxygens (including phenoxy) is 1. The number of aliphatic hydroxyl groups is 2. The molecule has 0 fully saturated rings. The fourth-order valence-corrected chi connectivity index (χ4v) is 13.1. The fraction of sp³-hybridized carbons (Fsp3) is 0.975. The predicted octanol–water partition coefficient (Wildman–Crippen LogP) is 26.1. The summed E-state index contributed by atoms with van der Waals surface area (Å²) >= 11 is 0. The highest BCUT2D eigenvalue weighted by molar-refractivity contribution is 5.76. The van der Waals surface area contributed by atoms with E-state index in [0.29, 0.717) is 25.9 Å². The zero-order valence-electron chi connectivity index (χ0n) is 58.4. The summed E-state index contributed by atoms with van der Waals surface area (Å²) in [6.07, 6.45) is 93.3. The Morgan fingerprint density at radius 3 is 0.718 bits per heavy atom. The maximum absolute atomic E-state index is 12.6. The van der Waals surface area contributed by atoms with Crippen molar-refractivity contribution < 1.29 is 24.5 Å². The van der Waals surface area contributed by atoms with Crippen LogP contribution in [0.3, 0.4) is 0 Å². The van der Waals surface area contributed by atoms with E-state index >= 15 is 0 Å². The predicted molar refractivity (Wildman–Crippen MR) is 375 cm³/mol. The van der Waals surface area contributed by atoms with Crippen LogP contribution in [0.15, 0.2) is 0 Å². The molecule has 0 aromatic heterocycles. The van der Waals surface area contributed by atoms with Crippen molar-refractivity contribution in [2.45, 2.75) is 482 Å². The molecule has 0 rings (SSSR count). The Bertz CT molecular complexity index is 1240. The molecular formula is C79H157NO5. The summed E-state index contributed by atoms with van der Waals surface area (Å²) in [5.74, 6) is -0.00116. The van der Waals surface area contributed by atoms with Crippen molar-refractivity contribution in [1.82, 2.24) is 5.32 Å². The number of carbonyl (C=O) groups is 2. The maximum Gasteiger partial charge on any atom is 0.305 e. The lowest BCUT2D eigenvalue weighted by atomic mass is 10.0. The average molecular weight is 1200 g/mol. The van der Waals surface area contributed by atoms with E-state index in [1.165, 1.54) is 398 Å². The molecule has 508 valence electrons. The molecular weight excluding hydrogens is 1040 g/mol. The lowest BCUT2D eigenvalue weighted by molar-refractivity contribution is -0.143. The van der Waals surface area contributed by atoms with E-state index in [2.05, 4.69) is 19.2 Å². The van der Waals surface area contributed by atoms with E-state index in [0.717, 1.165) is 38.5 Å². The van der Waals surface area contributed by atoms with E-state index in [-0.39, 0.29) is 18.5 Å². The molecule has 0 aromatic carbocycles. The van der Waals surface area contributed by atoms with Crippen LogP contribution in [0.2, 0.25) is 0 Å². The molecule has 0 heterocycles. The van der Waals surface area contributed by atoms with Crippen molar-refractivity contribution >= 4 is 11.9 Å². The number of esters is 1. The molecule has 0 aromatic rings. The normalized spacial score (nSPS) is 12.4. The van der Waals surface area contributed by atoms with Gasteiger partial charge in [0, 0.05) is 12.8 Å². The molecule has 3 N–H and O–H groups in total. The molecule has 0 saturated carbocycles. The van der Waals surface area contributed by atoms with E-state index in [4.69, 9.17) is 4.74 Å². The summed E-state index contributed by atoms with van der Waals surface area (Å²) < 4.78 is 5.51. The molecule has 2 unspecified atom stereocenters. The lowest BCUT2D eigenvalue weighted by Crippen LogP contribution is -2.45. The Hall–Kier alpha value is -1.14. The molecule has 0 saturated heterocycles. The minimum absolute atomic E-state index is 0.0240.